The Morgan fingerprint density at radius 1 is 1.20 bits per heavy atom. The lowest BCUT2D eigenvalue weighted by Gasteiger charge is -2.37. The van der Waals surface area contributed by atoms with Crippen LogP contribution < -0.4 is 11.1 Å². The summed E-state index contributed by atoms with van der Waals surface area (Å²) in [6.07, 6.45) is 0.384. The molecule has 0 saturated carbocycles. The highest BCUT2D eigenvalue weighted by atomic mass is 35.5. The first-order valence-corrected chi connectivity index (χ1v) is 10.0. The maximum atomic E-state index is 13.3. The third-order valence-corrected chi connectivity index (χ3v) is 6.18. The van der Waals surface area contributed by atoms with Crippen LogP contribution in [-0.4, -0.2) is 34.6 Å². The van der Waals surface area contributed by atoms with Crippen LogP contribution in [0, 0.1) is 0 Å². The van der Waals surface area contributed by atoms with E-state index in [1.807, 2.05) is 25.1 Å². The van der Waals surface area contributed by atoms with E-state index in [9.17, 15) is 19.2 Å². The molecule has 3 atom stereocenters. The van der Waals surface area contributed by atoms with Gasteiger partial charge < -0.3 is 10.6 Å². The average molecular weight is 426 g/mol. The molecule has 4 rings (SSSR count). The first-order valence-electron chi connectivity index (χ1n) is 9.64. The highest BCUT2D eigenvalue weighted by molar-refractivity contribution is 6.31. The van der Waals surface area contributed by atoms with Gasteiger partial charge in [0.05, 0.1) is 6.04 Å². The van der Waals surface area contributed by atoms with Crippen molar-refractivity contribution in [3.63, 3.8) is 0 Å². The molecule has 0 aromatic heterocycles. The summed E-state index contributed by atoms with van der Waals surface area (Å²) in [5, 5.41) is 2.86. The van der Waals surface area contributed by atoms with Crippen LogP contribution in [-0.2, 0) is 9.59 Å². The molecule has 8 heteroatoms. The molecule has 2 aromatic carbocycles. The Labute approximate surface area is 178 Å². The monoisotopic (exact) mass is 425 g/mol. The van der Waals surface area contributed by atoms with Crippen LogP contribution >= 0.6 is 11.6 Å². The van der Waals surface area contributed by atoms with Crippen LogP contribution in [0.1, 0.15) is 63.6 Å². The second-order valence-corrected chi connectivity index (χ2v) is 8.01. The second kappa shape index (κ2) is 7.57. The number of benzene rings is 2. The standard InChI is InChI=1S/C22H20ClN3O4/c1-11(13-4-2-3-5-16(13)23)19-15-10-12(20(24)28)6-7-14(15)22(30)26(19)17-8-9-18(27)25-21(17)29/h2-7,10-11,17,19H,8-9H2,1H3,(H2,24,28)(H,25,27,29)/t11-,17?,19?/m0/s1. The number of primary amides is 1. The maximum absolute atomic E-state index is 13.3. The maximum Gasteiger partial charge on any atom is 0.255 e. The van der Waals surface area contributed by atoms with E-state index in [1.165, 1.54) is 11.0 Å². The Morgan fingerprint density at radius 3 is 2.60 bits per heavy atom. The predicted octanol–water partition coefficient (Wildman–Crippen LogP) is 2.54. The number of hydrogen-bond acceptors (Lipinski definition) is 4. The van der Waals surface area contributed by atoms with Crippen LogP contribution in [0.25, 0.3) is 0 Å². The van der Waals surface area contributed by atoms with Gasteiger partial charge in [-0.15, -0.1) is 0 Å². The number of fused-ring (bicyclic) bond motifs is 1. The molecule has 2 unspecified atom stereocenters. The molecule has 2 aromatic rings. The van der Waals surface area contributed by atoms with Gasteiger partial charge in [-0.3, -0.25) is 24.5 Å². The van der Waals surface area contributed by atoms with Crippen molar-refractivity contribution >= 4 is 35.2 Å². The lowest BCUT2D eigenvalue weighted by Crippen LogP contribution is -2.54. The van der Waals surface area contributed by atoms with Crippen molar-refractivity contribution in [2.75, 3.05) is 0 Å². The number of amides is 4. The Hall–Kier alpha value is -3.19. The summed E-state index contributed by atoms with van der Waals surface area (Å²) in [6.45, 7) is 1.92. The molecule has 2 heterocycles. The van der Waals surface area contributed by atoms with Gasteiger partial charge in [-0.1, -0.05) is 36.7 Å². The quantitative estimate of drug-likeness (QED) is 0.733. The van der Waals surface area contributed by atoms with Gasteiger partial charge in [0.25, 0.3) is 5.91 Å². The first kappa shape index (κ1) is 20.1. The number of nitrogens with two attached hydrogens (primary N) is 1. The average Bonchev–Trinajstić information content (AvgIpc) is 2.99. The molecule has 0 aliphatic carbocycles. The number of hydrogen-bond donors (Lipinski definition) is 2. The van der Waals surface area contributed by atoms with Crippen molar-refractivity contribution in [3.8, 4) is 0 Å². The zero-order valence-corrected chi connectivity index (χ0v) is 17.0. The zero-order chi connectivity index (χ0) is 21.6. The molecule has 1 saturated heterocycles. The Balaban J connectivity index is 1.85. The number of nitrogens with one attached hydrogen (secondary N) is 1. The van der Waals surface area contributed by atoms with Crippen molar-refractivity contribution in [3.05, 3.63) is 69.7 Å². The van der Waals surface area contributed by atoms with Crippen molar-refractivity contribution < 1.29 is 19.2 Å². The smallest absolute Gasteiger partial charge is 0.255 e. The molecule has 4 amide bonds. The molecule has 2 aliphatic heterocycles. The van der Waals surface area contributed by atoms with Crippen molar-refractivity contribution in [2.24, 2.45) is 5.73 Å². The molecule has 7 nitrogen and oxygen atoms in total. The van der Waals surface area contributed by atoms with Crippen LogP contribution in [0.5, 0.6) is 0 Å². The van der Waals surface area contributed by atoms with E-state index in [0.717, 1.165) is 5.56 Å². The molecular weight excluding hydrogens is 406 g/mol. The van der Waals surface area contributed by atoms with Gasteiger partial charge in [0.1, 0.15) is 6.04 Å². The van der Waals surface area contributed by atoms with Gasteiger partial charge in [0.15, 0.2) is 0 Å². The molecule has 30 heavy (non-hydrogen) atoms. The lowest BCUT2D eigenvalue weighted by molar-refractivity contribution is -0.137. The predicted molar refractivity (Wildman–Crippen MR) is 110 cm³/mol. The summed E-state index contributed by atoms with van der Waals surface area (Å²) in [7, 11) is 0. The minimum atomic E-state index is -0.797. The largest absolute Gasteiger partial charge is 0.366 e. The third kappa shape index (κ3) is 3.25. The van der Waals surface area contributed by atoms with Gasteiger partial charge in [-0.25, -0.2) is 0 Å². The Morgan fingerprint density at radius 2 is 1.93 bits per heavy atom. The van der Waals surface area contributed by atoms with Crippen LogP contribution in [0.2, 0.25) is 5.02 Å². The summed E-state index contributed by atoms with van der Waals surface area (Å²) < 4.78 is 0. The minimum Gasteiger partial charge on any atom is -0.366 e. The Bertz CT molecular complexity index is 1080. The summed E-state index contributed by atoms with van der Waals surface area (Å²) >= 11 is 6.42. The van der Waals surface area contributed by atoms with Crippen LogP contribution in [0.4, 0.5) is 0 Å². The summed E-state index contributed by atoms with van der Waals surface area (Å²) in [5.41, 5.74) is 7.58. The lowest BCUT2D eigenvalue weighted by atomic mass is 9.86. The fourth-order valence-electron chi connectivity index (χ4n) is 4.38. The van der Waals surface area contributed by atoms with E-state index in [-0.39, 0.29) is 36.1 Å². The normalized spacial score (nSPS) is 21.9. The molecule has 1 fully saturated rings. The molecule has 0 radical (unpaired) electrons. The summed E-state index contributed by atoms with van der Waals surface area (Å²) in [5.74, 6) is -2.06. The van der Waals surface area contributed by atoms with Crippen molar-refractivity contribution in [1.29, 1.82) is 0 Å². The van der Waals surface area contributed by atoms with E-state index in [4.69, 9.17) is 17.3 Å². The van der Waals surface area contributed by atoms with Gasteiger partial charge >= 0.3 is 0 Å². The Kier molecular flexibility index (Phi) is 5.07. The van der Waals surface area contributed by atoms with Gasteiger partial charge in [-0.05, 0) is 41.8 Å². The van der Waals surface area contributed by atoms with Gasteiger partial charge in [-0.2, -0.15) is 0 Å². The van der Waals surface area contributed by atoms with E-state index in [1.54, 1.807) is 18.2 Å². The molecule has 3 N–H and O–H groups in total. The van der Waals surface area contributed by atoms with E-state index in [2.05, 4.69) is 5.32 Å². The van der Waals surface area contributed by atoms with Gasteiger partial charge in [0, 0.05) is 28.5 Å². The molecule has 154 valence electrons. The van der Waals surface area contributed by atoms with E-state index in [0.29, 0.717) is 16.1 Å². The van der Waals surface area contributed by atoms with E-state index >= 15 is 0 Å². The van der Waals surface area contributed by atoms with E-state index < -0.39 is 23.9 Å². The number of carbonyl (C=O) groups excluding carboxylic acids is 4. The number of carbonyl (C=O) groups is 4. The summed E-state index contributed by atoms with van der Waals surface area (Å²) in [4.78, 5) is 50.9. The van der Waals surface area contributed by atoms with Gasteiger partial charge in [0.2, 0.25) is 17.7 Å². The summed E-state index contributed by atoms with van der Waals surface area (Å²) in [6, 6.07) is 10.6. The van der Waals surface area contributed by atoms with Crippen LogP contribution in [0.3, 0.4) is 0 Å². The zero-order valence-electron chi connectivity index (χ0n) is 16.2. The number of rotatable bonds is 4. The molecule has 0 bridgehead atoms. The second-order valence-electron chi connectivity index (χ2n) is 7.60. The third-order valence-electron chi connectivity index (χ3n) is 5.83. The van der Waals surface area contributed by atoms with Crippen molar-refractivity contribution in [1.82, 2.24) is 10.2 Å². The number of piperidine rings is 1. The fraction of sp³-hybridized carbons (Fsp3) is 0.273. The molecular formula is C22H20ClN3O4. The number of imide groups is 1. The number of nitrogens with zero attached hydrogens (tertiary/aromatic N) is 1. The van der Waals surface area contributed by atoms with Crippen LogP contribution in [0.15, 0.2) is 42.5 Å². The molecule has 0 spiro atoms. The molecule has 2 aliphatic rings. The first-order chi connectivity index (χ1) is 14.3. The van der Waals surface area contributed by atoms with Crippen molar-refractivity contribution in [2.45, 2.75) is 37.8 Å². The fourth-order valence-corrected chi connectivity index (χ4v) is 4.69. The number of halogens is 1. The minimum absolute atomic E-state index is 0.149. The topological polar surface area (TPSA) is 110 Å². The highest BCUT2D eigenvalue weighted by Gasteiger charge is 2.47. The SMILES string of the molecule is C[C@@H](c1ccccc1Cl)C1c2cc(C(N)=O)ccc2C(=O)N1C1CCC(=O)NC1=O. The highest BCUT2D eigenvalue weighted by Crippen LogP contribution is 2.46.